The zero-order valence-corrected chi connectivity index (χ0v) is 14.1. The molecule has 0 radical (unpaired) electrons. The first kappa shape index (κ1) is 21.9. The summed E-state index contributed by atoms with van der Waals surface area (Å²) in [7, 11) is -1.47. The summed E-state index contributed by atoms with van der Waals surface area (Å²) in [5, 5.41) is 21.7. The Morgan fingerprint density at radius 1 is 1.26 bits per heavy atom. The molecule has 1 unspecified atom stereocenters. The fourth-order valence-corrected chi connectivity index (χ4v) is 2.24. The molecule has 0 spiro atoms. The van der Waals surface area contributed by atoms with Crippen molar-refractivity contribution in [3.05, 3.63) is 35.9 Å². The number of amides is 1. The summed E-state index contributed by atoms with van der Waals surface area (Å²) >= 11 is 0. The van der Waals surface area contributed by atoms with Crippen LogP contribution in [0, 0.1) is 0 Å². The van der Waals surface area contributed by atoms with Gasteiger partial charge in [0.25, 0.3) is 5.91 Å². The Morgan fingerprint density at radius 3 is 2.48 bits per heavy atom. The zero-order valence-electron chi connectivity index (χ0n) is 13.3. The molecule has 0 fully saturated rings. The van der Waals surface area contributed by atoms with Crippen molar-refractivity contribution in [3.8, 4) is 0 Å². The van der Waals surface area contributed by atoms with E-state index in [4.69, 9.17) is 5.73 Å². The summed E-state index contributed by atoms with van der Waals surface area (Å²) in [6.07, 6.45) is 2.93. The van der Waals surface area contributed by atoms with Gasteiger partial charge in [-0.15, -0.1) is 0 Å². The Balaban J connectivity index is 0.00000484. The monoisotopic (exact) mass is 343 g/mol. The minimum Gasteiger partial charge on any atom is -1.00 e. The van der Waals surface area contributed by atoms with Crippen molar-refractivity contribution in [2.75, 3.05) is 13.1 Å². The van der Waals surface area contributed by atoms with E-state index in [0.717, 1.165) is 18.4 Å². The highest BCUT2D eigenvalue weighted by atomic mass is 35.5. The first-order valence-electron chi connectivity index (χ1n) is 7.75. The molecule has 6 nitrogen and oxygen atoms in total. The smallest absolute Gasteiger partial charge is 0.456 e. The number of quaternary nitrogens is 1. The molecule has 0 aromatic heterocycles. The highest BCUT2D eigenvalue weighted by Crippen LogP contribution is 2.14. The van der Waals surface area contributed by atoms with E-state index in [9.17, 15) is 14.8 Å². The van der Waals surface area contributed by atoms with E-state index >= 15 is 0 Å². The van der Waals surface area contributed by atoms with Crippen LogP contribution in [0.2, 0.25) is 5.82 Å². The van der Waals surface area contributed by atoms with E-state index in [1.54, 1.807) is 0 Å². The first-order chi connectivity index (χ1) is 10.5. The minimum atomic E-state index is -1.47. The second kappa shape index (κ2) is 12.3. The van der Waals surface area contributed by atoms with Gasteiger partial charge in [-0.1, -0.05) is 30.3 Å². The van der Waals surface area contributed by atoms with Gasteiger partial charge in [0.05, 0.1) is 0 Å². The van der Waals surface area contributed by atoms with E-state index in [2.05, 4.69) is 11.1 Å². The van der Waals surface area contributed by atoms with Crippen LogP contribution in [0.3, 0.4) is 0 Å². The fraction of sp³-hybridized carbons (Fsp3) is 0.533. The van der Waals surface area contributed by atoms with Crippen LogP contribution >= 0.6 is 0 Å². The number of benzene rings is 1. The van der Waals surface area contributed by atoms with Crippen LogP contribution in [-0.2, 0) is 11.2 Å². The Labute approximate surface area is 144 Å². The molecule has 0 saturated carbocycles. The highest BCUT2D eigenvalue weighted by Gasteiger charge is 2.25. The lowest BCUT2D eigenvalue weighted by atomic mass is 9.69. The molecular weight excluding hydrogens is 316 g/mol. The van der Waals surface area contributed by atoms with Gasteiger partial charge in [0.15, 0.2) is 6.04 Å². The zero-order chi connectivity index (χ0) is 16.4. The van der Waals surface area contributed by atoms with E-state index in [1.165, 1.54) is 0 Å². The lowest BCUT2D eigenvalue weighted by Crippen LogP contribution is -3.00. The molecule has 130 valence electrons. The summed E-state index contributed by atoms with van der Waals surface area (Å²) in [6, 6.07) is 9.23. The third-order valence-electron chi connectivity index (χ3n) is 3.68. The summed E-state index contributed by atoms with van der Waals surface area (Å²) in [6.45, 7) is 0.832. The predicted octanol–water partition coefficient (Wildman–Crippen LogP) is -4.07. The van der Waals surface area contributed by atoms with Crippen molar-refractivity contribution >= 4 is 13.0 Å². The summed E-state index contributed by atoms with van der Waals surface area (Å²) in [5.74, 6) is -0.599. The maximum atomic E-state index is 11.9. The molecule has 8 heteroatoms. The minimum absolute atomic E-state index is 0. The molecule has 0 aliphatic rings. The summed E-state index contributed by atoms with van der Waals surface area (Å²) < 4.78 is 0. The topological polar surface area (TPSA) is 123 Å². The number of rotatable bonds is 10. The largest absolute Gasteiger partial charge is 1.00 e. The van der Waals surface area contributed by atoms with Crippen LogP contribution < -0.4 is 29.2 Å². The van der Waals surface area contributed by atoms with Gasteiger partial charge in [-0.25, -0.2) is 0 Å². The van der Waals surface area contributed by atoms with Crippen LogP contribution in [0.5, 0.6) is 0 Å². The van der Waals surface area contributed by atoms with Gasteiger partial charge >= 0.3 is 7.12 Å². The fourth-order valence-electron chi connectivity index (χ4n) is 2.24. The summed E-state index contributed by atoms with van der Waals surface area (Å²) in [5.41, 5.74) is 10.3. The van der Waals surface area contributed by atoms with Crippen LogP contribution in [0.15, 0.2) is 30.3 Å². The van der Waals surface area contributed by atoms with Crippen molar-refractivity contribution in [2.45, 2.75) is 37.5 Å². The Kier molecular flexibility index (Phi) is 11.7. The Hall–Kier alpha value is -1.12. The van der Waals surface area contributed by atoms with Crippen LogP contribution in [0.4, 0.5) is 0 Å². The number of halogens is 1. The van der Waals surface area contributed by atoms with Crippen molar-refractivity contribution in [2.24, 2.45) is 5.73 Å². The normalized spacial score (nSPS) is 12.9. The molecule has 0 saturated heterocycles. The van der Waals surface area contributed by atoms with E-state index in [-0.39, 0.29) is 30.9 Å². The molecule has 1 aromatic rings. The number of carbonyl (C=O) groups excluding carboxylic acids is 1. The van der Waals surface area contributed by atoms with Gasteiger partial charge in [-0.3, -0.25) is 4.79 Å². The third kappa shape index (κ3) is 8.93. The lowest BCUT2D eigenvalue weighted by Gasteiger charge is -2.17. The number of hydrogen-bond acceptors (Lipinski definition) is 4. The molecule has 23 heavy (non-hydrogen) atoms. The van der Waals surface area contributed by atoms with Gasteiger partial charge < -0.3 is 39.2 Å². The molecule has 8 N–H and O–H groups in total. The maximum absolute atomic E-state index is 11.9. The van der Waals surface area contributed by atoms with Gasteiger partial charge in [-0.05, 0) is 31.4 Å². The average Bonchev–Trinajstić information content (AvgIpc) is 2.51. The van der Waals surface area contributed by atoms with Crippen LogP contribution in [0.1, 0.15) is 24.8 Å². The Morgan fingerprint density at radius 2 is 1.91 bits per heavy atom. The number of carbonyl (C=O) groups is 1. The third-order valence-corrected chi connectivity index (χ3v) is 3.68. The van der Waals surface area contributed by atoms with Crippen molar-refractivity contribution in [3.63, 3.8) is 0 Å². The first-order valence-corrected chi connectivity index (χ1v) is 7.75. The van der Waals surface area contributed by atoms with E-state index < -0.39 is 12.9 Å². The molecule has 0 bridgehead atoms. The molecule has 1 aromatic carbocycles. The number of nitrogens with two attached hydrogens (primary N) is 1. The highest BCUT2D eigenvalue weighted by molar-refractivity contribution is 6.43. The molecule has 0 aliphatic carbocycles. The van der Waals surface area contributed by atoms with Crippen molar-refractivity contribution in [1.29, 1.82) is 0 Å². The number of nitrogens with one attached hydrogen (secondary N) is 1. The number of hydrogen-bond donors (Lipinski definition) is 5. The van der Waals surface area contributed by atoms with Crippen molar-refractivity contribution < 1.29 is 33.0 Å². The second-order valence-corrected chi connectivity index (χ2v) is 5.59. The molecule has 0 heterocycles. The van der Waals surface area contributed by atoms with Crippen molar-refractivity contribution in [1.82, 2.24) is 5.32 Å². The molecule has 1 rings (SSSR count). The molecule has 1 amide bonds. The van der Waals surface area contributed by atoms with Gasteiger partial charge in [0.1, 0.15) is 0 Å². The quantitative estimate of drug-likeness (QED) is 0.219. The van der Waals surface area contributed by atoms with Gasteiger partial charge in [0, 0.05) is 18.8 Å². The molecule has 2 atom stereocenters. The molecule has 0 aliphatic heterocycles. The maximum Gasteiger partial charge on any atom is 0.456 e. The second-order valence-electron chi connectivity index (χ2n) is 5.59. The Bertz CT molecular complexity index is 437. The molecular formula is C15H27BClN3O3. The van der Waals surface area contributed by atoms with E-state index in [0.29, 0.717) is 19.4 Å². The number of unbranched alkanes of at least 4 members (excludes halogenated alkanes) is 1. The van der Waals surface area contributed by atoms with Crippen LogP contribution in [0.25, 0.3) is 0 Å². The predicted molar refractivity (Wildman–Crippen MR) is 86.7 cm³/mol. The SMILES string of the molecule is NCCCC[C@@H]([NH3+])C(=O)NCC(Cc1ccccc1)B(O)O.[Cl-]. The van der Waals surface area contributed by atoms with Gasteiger partial charge in [0.2, 0.25) is 0 Å². The lowest BCUT2D eigenvalue weighted by molar-refractivity contribution is -0.405. The van der Waals surface area contributed by atoms with Gasteiger partial charge in [-0.2, -0.15) is 0 Å². The standard InChI is InChI=1S/C15H26BN3O3.ClH/c17-9-5-4-8-14(18)15(20)19-11-13(16(21)22)10-12-6-2-1-3-7-12;/h1-3,6-7,13-14,21-22H,4-5,8-11,17-18H2,(H,19,20);1H/t13?,14-;/m1./s1. The summed E-state index contributed by atoms with van der Waals surface area (Å²) in [4.78, 5) is 11.9. The average molecular weight is 344 g/mol. The van der Waals surface area contributed by atoms with Crippen LogP contribution in [-0.4, -0.2) is 42.2 Å². The van der Waals surface area contributed by atoms with E-state index in [1.807, 2.05) is 30.3 Å².